The number of aryl methyl sites for hydroxylation is 1. The summed E-state index contributed by atoms with van der Waals surface area (Å²) in [4.78, 5) is 43.6. The Morgan fingerprint density at radius 3 is 2.59 bits per heavy atom. The predicted molar refractivity (Wildman–Crippen MR) is 116 cm³/mol. The molecule has 0 aliphatic carbocycles. The molecule has 1 saturated heterocycles. The average molecular weight is 497 g/mol. The van der Waals surface area contributed by atoms with E-state index in [9.17, 15) is 24.7 Å². The molecular formula is C16H16N8O5S3. The van der Waals surface area contributed by atoms with Crippen LogP contribution in [-0.4, -0.2) is 66.0 Å². The average Bonchev–Trinajstić information content (AvgIpc) is 3.30. The maximum atomic E-state index is 12.8. The van der Waals surface area contributed by atoms with Crippen LogP contribution in [0.15, 0.2) is 20.1 Å². The number of hydrogen-bond acceptors (Lipinski definition) is 13. The van der Waals surface area contributed by atoms with Crippen LogP contribution in [0.25, 0.3) is 0 Å². The van der Waals surface area contributed by atoms with Gasteiger partial charge in [-0.15, -0.1) is 21.5 Å². The number of oxime groups is 1. The Morgan fingerprint density at radius 2 is 2.03 bits per heavy atom. The minimum atomic E-state index is -1.26. The van der Waals surface area contributed by atoms with Crippen molar-refractivity contribution in [2.75, 3.05) is 11.5 Å². The van der Waals surface area contributed by atoms with Gasteiger partial charge in [0.1, 0.15) is 17.4 Å². The summed E-state index contributed by atoms with van der Waals surface area (Å²) in [5, 5.41) is 32.6. The van der Waals surface area contributed by atoms with Crippen LogP contribution in [0.4, 0.5) is 10.3 Å². The van der Waals surface area contributed by atoms with E-state index in [1.54, 1.807) is 6.92 Å². The van der Waals surface area contributed by atoms with Gasteiger partial charge in [-0.1, -0.05) is 28.3 Å². The Balaban J connectivity index is 1.53. The fourth-order valence-electron chi connectivity index (χ4n) is 3.54. The normalized spacial score (nSPS) is 20.7. The van der Waals surface area contributed by atoms with Gasteiger partial charge in [-0.05, 0) is 19.8 Å². The smallest absolute Gasteiger partial charge is 0.353 e. The lowest BCUT2D eigenvalue weighted by atomic mass is 9.86. The van der Waals surface area contributed by atoms with E-state index in [4.69, 9.17) is 11.5 Å². The Hall–Kier alpha value is -3.24. The van der Waals surface area contributed by atoms with Crippen LogP contribution in [0.2, 0.25) is 0 Å². The first-order valence-corrected chi connectivity index (χ1v) is 11.5. The summed E-state index contributed by atoms with van der Waals surface area (Å²) in [5.41, 5.74) is 10.8. The second-order valence-electron chi connectivity index (χ2n) is 6.76. The van der Waals surface area contributed by atoms with Gasteiger partial charge in [0.15, 0.2) is 15.2 Å². The monoisotopic (exact) mass is 496 g/mol. The van der Waals surface area contributed by atoms with Crippen LogP contribution in [0.1, 0.15) is 23.4 Å². The zero-order valence-electron chi connectivity index (χ0n) is 16.3. The Kier molecular flexibility index (Phi) is 5.74. The number of rotatable bonds is 6. The number of aromatic nitrogens is 3. The molecule has 1 fully saturated rings. The maximum Gasteiger partial charge on any atom is 0.353 e. The fourth-order valence-corrected chi connectivity index (χ4v) is 6.09. The van der Waals surface area contributed by atoms with Gasteiger partial charge in [-0.25, -0.2) is 9.78 Å². The second-order valence-corrected chi connectivity index (χ2v) is 10.3. The summed E-state index contributed by atoms with van der Waals surface area (Å²) >= 11 is 3.33. The van der Waals surface area contributed by atoms with Crippen LogP contribution in [0, 0.1) is 6.92 Å². The molecule has 0 bridgehead atoms. The lowest BCUT2D eigenvalue weighted by Crippen LogP contribution is -2.72. The molecule has 32 heavy (non-hydrogen) atoms. The van der Waals surface area contributed by atoms with Crippen molar-refractivity contribution >= 4 is 68.2 Å². The number of aliphatic carboxylic acids is 1. The number of carboxylic acid groups (broad SMARTS) is 1. The molecule has 4 rings (SSSR count). The number of fused-ring (bicyclic) bond motifs is 1. The summed E-state index contributed by atoms with van der Waals surface area (Å²) in [6.07, 6.45) is 0.771. The van der Waals surface area contributed by atoms with Crippen molar-refractivity contribution in [3.63, 3.8) is 0 Å². The summed E-state index contributed by atoms with van der Waals surface area (Å²) < 4.78 is 0.467. The minimum absolute atomic E-state index is 0.112. The first-order valence-electron chi connectivity index (χ1n) is 9.03. The van der Waals surface area contributed by atoms with Crippen molar-refractivity contribution in [1.82, 2.24) is 25.4 Å². The number of thioether (sulfide) groups is 1. The molecule has 168 valence electrons. The number of allylic oxidation sites excluding steroid dienone is 1. The number of thiazole rings is 1. The number of nitrogen functional groups attached to an aromatic ring is 2. The number of carbonyl (C=O) groups is 3. The molecule has 2 amide bonds. The molecule has 2 aliphatic heterocycles. The predicted octanol–water partition coefficient (Wildman–Crippen LogP) is 0.224. The van der Waals surface area contributed by atoms with E-state index in [0.717, 1.165) is 39.3 Å². The first-order chi connectivity index (χ1) is 15.2. The number of nitrogens with two attached hydrogens (primary N) is 2. The quantitative estimate of drug-likeness (QED) is 0.158. The van der Waals surface area contributed by atoms with Gasteiger partial charge in [0, 0.05) is 9.78 Å². The van der Waals surface area contributed by atoms with E-state index in [0.29, 0.717) is 27.0 Å². The van der Waals surface area contributed by atoms with Crippen molar-refractivity contribution < 1.29 is 24.7 Å². The molecule has 4 heterocycles. The molecule has 1 unspecified atom stereocenters. The summed E-state index contributed by atoms with van der Waals surface area (Å²) in [7, 11) is 0. The summed E-state index contributed by atoms with van der Waals surface area (Å²) in [5.74, 6) is -2.66. The SMILES string of the molecule is Cc1sc(N)nc1/C(=N/O)C(=O)N[C@H]1C(=O)N2C(C(=O)O)=C(Sc3nnc(N)s3)CCC12. The Morgan fingerprint density at radius 1 is 1.28 bits per heavy atom. The maximum absolute atomic E-state index is 12.8. The number of carboxylic acids is 1. The number of nitrogens with one attached hydrogen (secondary N) is 1. The van der Waals surface area contributed by atoms with Crippen molar-refractivity contribution in [1.29, 1.82) is 0 Å². The van der Waals surface area contributed by atoms with Gasteiger partial charge in [0.05, 0.1) is 6.04 Å². The van der Waals surface area contributed by atoms with E-state index in [1.807, 2.05) is 0 Å². The number of β-lactam (4-membered cyclic amide) rings is 1. The van der Waals surface area contributed by atoms with Crippen LogP contribution < -0.4 is 16.8 Å². The standard InChI is InChI=1S/C16H16N8O5S3/c1-4-7(20-14(17)30-4)9(23-29)11(25)19-8-5-2-3-6(31-16-22-21-15(18)32-16)10(13(27)28)24(5)12(8)26/h5,8,29H,2-3H2,1H3,(H2,17,20)(H2,18,21)(H,19,25)(H,27,28)/b23-9-/t5?,8-/m1/s1. The highest BCUT2D eigenvalue weighted by atomic mass is 32.2. The number of carbonyl (C=O) groups excluding carboxylic acids is 2. The largest absolute Gasteiger partial charge is 0.477 e. The van der Waals surface area contributed by atoms with Crippen LogP contribution >= 0.6 is 34.4 Å². The lowest BCUT2D eigenvalue weighted by molar-refractivity contribution is -0.155. The number of anilines is 2. The van der Waals surface area contributed by atoms with Crippen LogP contribution in [0.5, 0.6) is 0 Å². The van der Waals surface area contributed by atoms with E-state index in [1.165, 1.54) is 0 Å². The highest BCUT2D eigenvalue weighted by molar-refractivity contribution is 8.04. The van der Waals surface area contributed by atoms with Crippen LogP contribution in [-0.2, 0) is 14.4 Å². The second kappa shape index (κ2) is 8.36. The minimum Gasteiger partial charge on any atom is -0.477 e. The van der Waals surface area contributed by atoms with E-state index >= 15 is 0 Å². The zero-order chi connectivity index (χ0) is 23.2. The zero-order valence-corrected chi connectivity index (χ0v) is 18.8. The van der Waals surface area contributed by atoms with Gasteiger partial charge in [-0.3, -0.25) is 14.5 Å². The van der Waals surface area contributed by atoms with Crippen molar-refractivity contribution in [2.45, 2.75) is 36.2 Å². The Labute approximate surface area is 192 Å². The van der Waals surface area contributed by atoms with Gasteiger partial charge in [0.2, 0.25) is 5.13 Å². The number of amides is 2. The van der Waals surface area contributed by atoms with Gasteiger partial charge in [-0.2, -0.15) is 0 Å². The third-order valence-corrected chi connectivity index (χ3v) is 7.61. The molecule has 7 N–H and O–H groups in total. The Bertz CT molecular complexity index is 1190. The molecule has 2 aliphatic rings. The van der Waals surface area contributed by atoms with Crippen LogP contribution in [0.3, 0.4) is 0 Å². The molecule has 2 aromatic heterocycles. The summed E-state index contributed by atoms with van der Waals surface area (Å²) in [6, 6.07) is -1.52. The summed E-state index contributed by atoms with van der Waals surface area (Å²) in [6.45, 7) is 1.66. The molecule has 0 spiro atoms. The fraction of sp³-hybridized carbons (Fsp3) is 0.312. The first kappa shape index (κ1) is 22.0. The molecule has 0 saturated carbocycles. The third kappa shape index (κ3) is 3.76. The molecule has 0 aromatic carbocycles. The van der Waals surface area contributed by atoms with Crippen molar-refractivity contribution in [3.8, 4) is 0 Å². The molecule has 13 nitrogen and oxygen atoms in total. The van der Waals surface area contributed by atoms with Gasteiger partial charge >= 0.3 is 5.97 Å². The van der Waals surface area contributed by atoms with E-state index in [2.05, 4.69) is 25.7 Å². The highest BCUT2D eigenvalue weighted by Crippen LogP contribution is 2.43. The van der Waals surface area contributed by atoms with Crippen molar-refractivity contribution in [2.24, 2.45) is 5.16 Å². The van der Waals surface area contributed by atoms with Gasteiger partial charge < -0.3 is 27.1 Å². The number of hydrogen-bond donors (Lipinski definition) is 5. The number of nitrogens with zero attached hydrogens (tertiary/aromatic N) is 5. The molecule has 16 heteroatoms. The van der Waals surface area contributed by atoms with E-state index < -0.39 is 29.9 Å². The van der Waals surface area contributed by atoms with Crippen molar-refractivity contribution in [3.05, 3.63) is 21.2 Å². The third-order valence-electron chi connectivity index (χ3n) is 4.87. The topological polar surface area (TPSA) is 210 Å². The molecular weight excluding hydrogens is 480 g/mol. The van der Waals surface area contributed by atoms with Gasteiger partial charge in [0.25, 0.3) is 11.8 Å². The molecule has 2 atom stereocenters. The molecule has 2 aromatic rings. The lowest BCUT2D eigenvalue weighted by Gasteiger charge is -2.49. The van der Waals surface area contributed by atoms with E-state index in [-0.39, 0.29) is 27.4 Å². The highest BCUT2D eigenvalue weighted by Gasteiger charge is 2.54. The molecule has 0 radical (unpaired) electrons.